The number of nitrogens with zero attached hydrogens (tertiary/aromatic N) is 2. The fraction of sp³-hybridized carbons (Fsp3) is 0.462. The quantitative estimate of drug-likeness (QED) is 0.585. The molecule has 1 aromatic rings. The topological polar surface area (TPSA) is 59.5 Å². The molecule has 1 fully saturated rings. The predicted molar refractivity (Wildman–Crippen MR) is 65.1 cm³/mol. The molecule has 96 valence electrons. The molecule has 2 heterocycles. The lowest BCUT2D eigenvalue weighted by Gasteiger charge is -2.28. The molecule has 0 saturated carbocycles. The fourth-order valence-corrected chi connectivity index (χ4v) is 1.90. The van der Waals surface area contributed by atoms with E-state index in [0.717, 1.165) is 0 Å². The van der Waals surface area contributed by atoms with Crippen molar-refractivity contribution in [1.29, 1.82) is 0 Å². The van der Waals surface area contributed by atoms with Gasteiger partial charge in [0.25, 0.3) is 0 Å². The summed E-state index contributed by atoms with van der Waals surface area (Å²) < 4.78 is 5.18. The van der Waals surface area contributed by atoms with Crippen LogP contribution in [0.3, 0.4) is 0 Å². The lowest BCUT2D eigenvalue weighted by molar-refractivity contribution is -0.137. The lowest BCUT2D eigenvalue weighted by atomic mass is 10.0. The highest BCUT2D eigenvalue weighted by Crippen LogP contribution is 2.11. The molecule has 1 aromatic heterocycles. The van der Waals surface area contributed by atoms with E-state index in [0.29, 0.717) is 32.0 Å². The number of pyridine rings is 1. The summed E-state index contributed by atoms with van der Waals surface area (Å²) in [6, 6.07) is 5.11. The van der Waals surface area contributed by atoms with E-state index in [-0.39, 0.29) is 11.7 Å². The third-order valence-corrected chi connectivity index (χ3v) is 3.00. The first-order chi connectivity index (χ1) is 8.70. The van der Waals surface area contributed by atoms with E-state index in [1.165, 1.54) is 0 Å². The highest BCUT2D eigenvalue weighted by molar-refractivity contribution is 6.08. The first-order valence-electron chi connectivity index (χ1n) is 6.02. The molecule has 1 amide bonds. The minimum atomic E-state index is -0.682. The number of amides is 1. The zero-order valence-electron chi connectivity index (χ0n) is 10.3. The van der Waals surface area contributed by atoms with Gasteiger partial charge in [0.2, 0.25) is 5.91 Å². The summed E-state index contributed by atoms with van der Waals surface area (Å²) in [6.45, 7) is 3.82. The molecule has 1 atom stereocenters. The van der Waals surface area contributed by atoms with Gasteiger partial charge in [0.15, 0.2) is 5.78 Å². The third-order valence-electron chi connectivity index (χ3n) is 3.00. The van der Waals surface area contributed by atoms with Crippen molar-refractivity contribution in [2.75, 3.05) is 26.3 Å². The molecule has 0 N–H and O–H groups in total. The van der Waals surface area contributed by atoms with Crippen molar-refractivity contribution in [1.82, 2.24) is 9.88 Å². The Hall–Kier alpha value is -1.75. The summed E-state index contributed by atoms with van der Waals surface area (Å²) >= 11 is 0. The Balaban J connectivity index is 2.04. The van der Waals surface area contributed by atoms with Gasteiger partial charge < -0.3 is 9.64 Å². The van der Waals surface area contributed by atoms with Crippen LogP contribution in [0.1, 0.15) is 17.4 Å². The van der Waals surface area contributed by atoms with Crippen molar-refractivity contribution in [3.8, 4) is 0 Å². The number of morpholine rings is 1. The first-order valence-corrected chi connectivity index (χ1v) is 6.02. The van der Waals surface area contributed by atoms with Crippen molar-refractivity contribution in [3.63, 3.8) is 0 Å². The van der Waals surface area contributed by atoms with E-state index in [1.54, 1.807) is 36.2 Å². The van der Waals surface area contributed by atoms with Crippen molar-refractivity contribution < 1.29 is 14.3 Å². The van der Waals surface area contributed by atoms with E-state index < -0.39 is 5.92 Å². The summed E-state index contributed by atoms with van der Waals surface area (Å²) in [4.78, 5) is 29.9. The van der Waals surface area contributed by atoms with Crippen LogP contribution < -0.4 is 0 Å². The lowest BCUT2D eigenvalue weighted by Crippen LogP contribution is -2.44. The van der Waals surface area contributed by atoms with Crippen LogP contribution in [0.25, 0.3) is 0 Å². The summed E-state index contributed by atoms with van der Waals surface area (Å²) in [5.74, 6) is -1.06. The standard InChI is InChI=1S/C13H16N2O3/c1-10(12(16)11-4-2-3-5-14-11)13(17)15-6-8-18-9-7-15/h2-5,10H,6-9H2,1H3/t10-/m0/s1. The Morgan fingerprint density at radius 1 is 1.33 bits per heavy atom. The molecule has 2 rings (SSSR count). The van der Waals surface area contributed by atoms with Crippen LogP contribution in [0.15, 0.2) is 24.4 Å². The average molecular weight is 248 g/mol. The highest BCUT2D eigenvalue weighted by atomic mass is 16.5. The van der Waals surface area contributed by atoms with Gasteiger partial charge in [-0.25, -0.2) is 0 Å². The molecule has 0 radical (unpaired) electrons. The number of carbonyl (C=O) groups is 2. The zero-order chi connectivity index (χ0) is 13.0. The highest BCUT2D eigenvalue weighted by Gasteiger charge is 2.28. The van der Waals surface area contributed by atoms with Crippen LogP contribution in [-0.4, -0.2) is 47.9 Å². The number of hydrogen-bond acceptors (Lipinski definition) is 4. The van der Waals surface area contributed by atoms with E-state index in [9.17, 15) is 9.59 Å². The van der Waals surface area contributed by atoms with E-state index >= 15 is 0 Å². The molecule has 1 saturated heterocycles. The molecule has 5 heteroatoms. The van der Waals surface area contributed by atoms with Crippen LogP contribution >= 0.6 is 0 Å². The molecule has 0 aliphatic carbocycles. The Bertz CT molecular complexity index is 427. The van der Waals surface area contributed by atoms with Gasteiger partial charge >= 0.3 is 0 Å². The Morgan fingerprint density at radius 2 is 2.06 bits per heavy atom. The molecule has 1 aliphatic rings. The Kier molecular flexibility index (Phi) is 4.04. The molecule has 18 heavy (non-hydrogen) atoms. The molecule has 0 bridgehead atoms. The summed E-state index contributed by atoms with van der Waals surface area (Å²) in [6.07, 6.45) is 1.55. The number of carbonyl (C=O) groups excluding carboxylic acids is 2. The van der Waals surface area contributed by atoms with E-state index in [2.05, 4.69) is 4.98 Å². The number of ketones is 1. The van der Waals surface area contributed by atoms with Crippen molar-refractivity contribution in [2.24, 2.45) is 5.92 Å². The second-order valence-corrected chi connectivity index (χ2v) is 4.24. The van der Waals surface area contributed by atoms with Gasteiger partial charge in [0, 0.05) is 19.3 Å². The van der Waals surface area contributed by atoms with E-state index in [4.69, 9.17) is 4.74 Å². The maximum atomic E-state index is 12.1. The fourth-order valence-electron chi connectivity index (χ4n) is 1.90. The maximum Gasteiger partial charge on any atom is 0.233 e. The number of ether oxygens (including phenoxy) is 1. The average Bonchev–Trinajstić information content (AvgIpc) is 2.47. The normalized spacial score (nSPS) is 17.3. The number of Topliss-reactive ketones (excluding diaryl/α,β-unsaturated/α-hetero) is 1. The molecular formula is C13H16N2O3. The molecule has 1 aliphatic heterocycles. The number of aromatic nitrogens is 1. The van der Waals surface area contributed by atoms with Crippen molar-refractivity contribution in [3.05, 3.63) is 30.1 Å². The number of rotatable bonds is 3. The van der Waals surface area contributed by atoms with Gasteiger partial charge in [-0.3, -0.25) is 14.6 Å². The summed E-state index contributed by atoms with van der Waals surface area (Å²) in [5, 5.41) is 0. The second-order valence-electron chi connectivity index (χ2n) is 4.24. The minimum absolute atomic E-state index is 0.144. The Morgan fingerprint density at radius 3 is 2.67 bits per heavy atom. The van der Waals surface area contributed by atoms with Gasteiger partial charge in [-0.2, -0.15) is 0 Å². The van der Waals surface area contributed by atoms with Gasteiger partial charge in [0.1, 0.15) is 11.6 Å². The zero-order valence-corrected chi connectivity index (χ0v) is 10.3. The second kappa shape index (κ2) is 5.73. The van der Waals surface area contributed by atoms with E-state index in [1.807, 2.05) is 0 Å². The minimum Gasteiger partial charge on any atom is -0.378 e. The summed E-state index contributed by atoms with van der Waals surface area (Å²) in [5.41, 5.74) is 0.339. The maximum absolute atomic E-state index is 12.1. The summed E-state index contributed by atoms with van der Waals surface area (Å²) in [7, 11) is 0. The SMILES string of the molecule is C[C@@H](C(=O)c1ccccn1)C(=O)N1CCOCC1. The van der Waals surface area contributed by atoms with Crippen molar-refractivity contribution >= 4 is 11.7 Å². The number of hydrogen-bond donors (Lipinski definition) is 0. The van der Waals surface area contributed by atoms with Crippen LogP contribution in [0.2, 0.25) is 0 Å². The van der Waals surface area contributed by atoms with Crippen LogP contribution in [0.5, 0.6) is 0 Å². The molecule has 0 spiro atoms. The molecule has 0 aromatic carbocycles. The monoisotopic (exact) mass is 248 g/mol. The third kappa shape index (κ3) is 2.73. The van der Waals surface area contributed by atoms with Crippen LogP contribution in [-0.2, 0) is 9.53 Å². The molecular weight excluding hydrogens is 232 g/mol. The smallest absolute Gasteiger partial charge is 0.233 e. The van der Waals surface area contributed by atoms with Gasteiger partial charge in [-0.15, -0.1) is 0 Å². The first kappa shape index (κ1) is 12.7. The Labute approximate surface area is 106 Å². The van der Waals surface area contributed by atoms with Gasteiger partial charge in [-0.05, 0) is 19.1 Å². The van der Waals surface area contributed by atoms with Crippen molar-refractivity contribution in [2.45, 2.75) is 6.92 Å². The van der Waals surface area contributed by atoms with Crippen LogP contribution in [0.4, 0.5) is 0 Å². The predicted octanol–water partition coefficient (Wildman–Crippen LogP) is 0.759. The van der Waals surface area contributed by atoms with Gasteiger partial charge in [-0.1, -0.05) is 6.07 Å². The molecule has 5 nitrogen and oxygen atoms in total. The largest absolute Gasteiger partial charge is 0.378 e. The molecule has 0 unspecified atom stereocenters. The van der Waals surface area contributed by atoms with Crippen LogP contribution in [0, 0.1) is 5.92 Å². The van der Waals surface area contributed by atoms with Gasteiger partial charge in [0.05, 0.1) is 13.2 Å².